The molecule has 0 atom stereocenters. The summed E-state index contributed by atoms with van der Waals surface area (Å²) in [7, 11) is 0. The average Bonchev–Trinajstić information content (AvgIpc) is 3.08. The van der Waals surface area contributed by atoms with E-state index in [0.717, 1.165) is 18.5 Å². The Bertz CT molecular complexity index is 470. The number of rotatable bonds is 5. The van der Waals surface area contributed by atoms with Crippen molar-refractivity contribution in [1.29, 1.82) is 0 Å². The van der Waals surface area contributed by atoms with Gasteiger partial charge in [-0.05, 0) is 26.7 Å². The summed E-state index contributed by atoms with van der Waals surface area (Å²) in [5.74, 6) is -0.150. The Balaban J connectivity index is 1.84. The van der Waals surface area contributed by atoms with Crippen LogP contribution in [0, 0.1) is 6.92 Å². The van der Waals surface area contributed by atoms with Crippen LogP contribution in [0.25, 0.3) is 0 Å². The van der Waals surface area contributed by atoms with Crippen molar-refractivity contribution in [2.75, 3.05) is 18.0 Å². The molecule has 1 aromatic rings. The van der Waals surface area contributed by atoms with E-state index < -0.39 is 0 Å². The molecule has 1 saturated carbocycles. The van der Waals surface area contributed by atoms with E-state index >= 15 is 0 Å². The molecule has 104 valence electrons. The first-order valence-corrected chi connectivity index (χ1v) is 7.25. The molecular weight excluding hydrogens is 264 g/mol. The summed E-state index contributed by atoms with van der Waals surface area (Å²) >= 11 is 1.43. The highest BCUT2D eigenvalue weighted by Gasteiger charge is 2.24. The van der Waals surface area contributed by atoms with Gasteiger partial charge in [-0.25, -0.2) is 9.78 Å². The lowest BCUT2D eigenvalue weighted by atomic mass is 10.5. The van der Waals surface area contributed by atoms with Gasteiger partial charge < -0.3 is 10.6 Å². The molecule has 0 unspecified atom stereocenters. The molecule has 19 heavy (non-hydrogen) atoms. The summed E-state index contributed by atoms with van der Waals surface area (Å²) in [6, 6.07) is 0.0150. The molecule has 0 bridgehead atoms. The van der Waals surface area contributed by atoms with E-state index in [1.54, 1.807) is 4.90 Å². The Morgan fingerprint density at radius 1 is 1.53 bits per heavy atom. The third-order valence-electron chi connectivity index (χ3n) is 2.77. The third-order valence-corrected chi connectivity index (χ3v) is 3.75. The lowest BCUT2D eigenvalue weighted by Gasteiger charge is -2.18. The summed E-state index contributed by atoms with van der Waals surface area (Å²) in [5, 5.41) is 7.93. The van der Waals surface area contributed by atoms with Gasteiger partial charge in [-0.1, -0.05) is 0 Å². The fraction of sp³-hybridized carbons (Fsp3) is 0.583. The zero-order chi connectivity index (χ0) is 13.8. The highest BCUT2D eigenvalue weighted by Crippen LogP contribution is 2.20. The Kier molecular flexibility index (Phi) is 4.36. The number of likely N-dealkylation sites (N-methyl/N-ethyl adjacent to an activating group) is 1. The minimum Gasteiger partial charge on any atom is -0.335 e. The van der Waals surface area contributed by atoms with Crippen LogP contribution in [0.1, 0.15) is 25.5 Å². The second-order valence-corrected chi connectivity index (χ2v) is 5.35. The first-order valence-electron chi connectivity index (χ1n) is 6.37. The Labute approximate surface area is 116 Å². The van der Waals surface area contributed by atoms with Gasteiger partial charge in [0.15, 0.2) is 5.13 Å². The number of amides is 3. The molecular formula is C12H18N4O2S. The maximum Gasteiger partial charge on any atom is 0.315 e. The number of nitrogens with one attached hydrogen (secondary N) is 2. The van der Waals surface area contributed by atoms with Gasteiger partial charge in [0.05, 0.1) is 12.2 Å². The molecule has 1 aromatic heterocycles. The van der Waals surface area contributed by atoms with E-state index in [9.17, 15) is 9.59 Å². The van der Waals surface area contributed by atoms with Crippen LogP contribution < -0.4 is 15.5 Å². The number of nitrogens with zero attached hydrogens (tertiary/aromatic N) is 2. The standard InChI is InChI=1S/C12H18N4O2S/c1-3-16(12-14-8(2)7-19-12)10(17)6-13-11(18)15-9-4-5-9/h7,9H,3-6H2,1-2H3,(H2,13,15,18). The molecule has 2 rings (SSSR count). The molecule has 1 fully saturated rings. The molecule has 1 aliphatic rings. The van der Waals surface area contributed by atoms with Gasteiger partial charge in [0.1, 0.15) is 0 Å². The van der Waals surface area contributed by atoms with Crippen LogP contribution in [-0.2, 0) is 4.79 Å². The van der Waals surface area contributed by atoms with Gasteiger partial charge in [-0.15, -0.1) is 11.3 Å². The number of aromatic nitrogens is 1. The molecule has 0 spiro atoms. The van der Waals surface area contributed by atoms with Gasteiger partial charge in [-0.2, -0.15) is 0 Å². The van der Waals surface area contributed by atoms with Crippen molar-refractivity contribution in [2.45, 2.75) is 32.7 Å². The molecule has 3 amide bonds. The molecule has 7 heteroatoms. The lowest BCUT2D eigenvalue weighted by Crippen LogP contribution is -2.44. The van der Waals surface area contributed by atoms with Crippen molar-refractivity contribution in [3.63, 3.8) is 0 Å². The van der Waals surface area contributed by atoms with Crippen molar-refractivity contribution in [2.24, 2.45) is 0 Å². The highest BCUT2D eigenvalue weighted by atomic mass is 32.1. The maximum atomic E-state index is 12.0. The van der Waals surface area contributed by atoms with Gasteiger partial charge in [-0.3, -0.25) is 9.69 Å². The van der Waals surface area contributed by atoms with Crippen molar-refractivity contribution in [3.05, 3.63) is 11.1 Å². The summed E-state index contributed by atoms with van der Waals surface area (Å²) in [6.07, 6.45) is 2.06. The summed E-state index contributed by atoms with van der Waals surface area (Å²) in [6.45, 7) is 4.31. The van der Waals surface area contributed by atoms with Gasteiger partial charge in [0.2, 0.25) is 5.91 Å². The van der Waals surface area contributed by atoms with E-state index in [-0.39, 0.29) is 18.5 Å². The van der Waals surface area contributed by atoms with Crippen molar-refractivity contribution < 1.29 is 9.59 Å². The second kappa shape index (κ2) is 6.01. The summed E-state index contributed by atoms with van der Waals surface area (Å²) < 4.78 is 0. The van der Waals surface area contributed by atoms with Crippen LogP contribution in [-0.4, -0.2) is 36.1 Å². The van der Waals surface area contributed by atoms with Crippen LogP contribution in [0.4, 0.5) is 9.93 Å². The number of thiazole rings is 1. The molecule has 0 aliphatic heterocycles. The van der Waals surface area contributed by atoms with Crippen LogP contribution in [0.2, 0.25) is 0 Å². The zero-order valence-electron chi connectivity index (χ0n) is 11.1. The maximum absolute atomic E-state index is 12.0. The second-order valence-electron chi connectivity index (χ2n) is 4.51. The fourth-order valence-corrected chi connectivity index (χ4v) is 2.48. The molecule has 1 aliphatic carbocycles. The molecule has 0 saturated heterocycles. The SMILES string of the molecule is CCN(C(=O)CNC(=O)NC1CC1)c1nc(C)cs1. The van der Waals surface area contributed by atoms with Crippen LogP contribution >= 0.6 is 11.3 Å². The minimum atomic E-state index is -0.276. The van der Waals surface area contributed by atoms with Gasteiger partial charge in [0.25, 0.3) is 0 Å². The smallest absolute Gasteiger partial charge is 0.315 e. The number of carbonyl (C=O) groups is 2. The third kappa shape index (κ3) is 3.92. The van der Waals surface area contributed by atoms with Crippen LogP contribution in [0.3, 0.4) is 0 Å². The average molecular weight is 282 g/mol. The number of hydrogen-bond acceptors (Lipinski definition) is 4. The first kappa shape index (κ1) is 13.8. The molecule has 0 radical (unpaired) electrons. The predicted molar refractivity (Wildman–Crippen MR) is 74.4 cm³/mol. The van der Waals surface area contributed by atoms with Gasteiger partial charge >= 0.3 is 6.03 Å². The normalized spacial score (nSPS) is 14.0. The predicted octanol–water partition coefficient (Wildman–Crippen LogP) is 1.27. The monoisotopic (exact) mass is 282 g/mol. The number of anilines is 1. The van der Waals surface area contributed by atoms with E-state index in [4.69, 9.17) is 0 Å². The lowest BCUT2D eigenvalue weighted by molar-refractivity contribution is -0.117. The largest absolute Gasteiger partial charge is 0.335 e. The highest BCUT2D eigenvalue weighted by molar-refractivity contribution is 7.14. The topological polar surface area (TPSA) is 74.3 Å². The fourth-order valence-electron chi connectivity index (χ4n) is 1.60. The van der Waals surface area contributed by atoms with E-state index in [2.05, 4.69) is 15.6 Å². The van der Waals surface area contributed by atoms with Crippen molar-refractivity contribution >= 4 is 28.4 Å². The zero-order valence-corrected chi connectivity index (χ0v) is 11.9. The van der Waals surface area contributed by atoms with E-state index in [1.807, 2.05) is 19.2 Å². The molecule has 0 aromatic carbocycles. The van der Waals surface area contributed by atoms with E-state index in [1.165, 1.54) is 11.3 Å². The number of carbonyl (C=O) groups excluding carboxylic acids is 2. The van der Waals surface area contributed by atoms with Crippen LogP contribution in [0.15, 0.2) is 5.38 Å². The molecule has 1 heterocycles. The van der Waals surface area contributed by atoms with Crippen molar-refractivity contribution in [1.82, 2.24) is 15.6 Å². The minimum absolute atomic E-state index is 0.00891. The molecule has 2 N–H and O–H groups in total. The summed E-state index contributed by atoms with van der Waals surface area (Å²) in [4.78, 5) is 29.3. The van der Waals surface area contributed by atoms with Crippen molar-refractivity contribution in [3.8, 4) is 0 Å². The Hall–Kier alpha value is -1.63. The van der Waals surface area contributed by atoms with Crippen LogP contribution in [0.5, 0.6) is 0 Å². The quantitative estimate of drug-likeness (QED) is 0.854. The summed E-state index contributed by atoms with van der Waals surface area (Å²) in [5.41, 5.74) is 0.894. The number of hydrogen-bond donors (Lipinski definition) is 2. The number of aryl methyl sites for hydroxylation is 1. The number of urea groups is 1. The first-order chi connectivity index (χ1) is 9.10. The van der Waals surface area contributed by atoms with E-state index in [0.29, 0.717) is 17.7 Å². The Morgan fingerprint density at radius 2 is 2.26 bits per heavy atom. The van der Waals surface area contributed by atoms with Gasteiger partial charge in [0, 0.05) is 18.0 Å². The molecule has 6 nitrogen and oxygen atoms in total. The Morgan fingerprint density at radius 3 is 2.79 bits per heavy atom.